The van der Waals surface area contributed by atoms with Gasteiger partial charge in [0.05, 0.1) is 21.8 Å². The van der Waals surface area contributed by atoms with Crippen LogP contribution >= 0.6 is 23.2 Å². The van der Waals surface area contributed by atoms with Crippen LogP contribution in [0.5, 0.6) is 0 Å². The third kappa shape index (κ3) is 3.72. The molecule has 0 amide bonds. The van der Waals surface area contributed by atoms with E-state index in [1.54, 1.807) is 12.1 Å². The molecule has 0 aliphatic heterocycles. The summed E-state index contributed by atoms with van der Waals surface area (Å²) in [6, 6.07) is 4.70. The molecule has 1 aromatic carbocycles. The first-order valence-corrected chi connectivity index (χ1v) is 7.96. The summed E-state index contributed by atoms with van der Waals surface area (Å²) in [5, 5.41) is 6.89. The lowest BCUT2D eigenvalue weighted by Crippen LogP contribution is -2.25. The molecule has 0 saturated carbocycles. The molecule has 2 heterocycles. The van der Waals surface area contributed by atoms with Gasteiger partial charge in [0.2, 0.25) is 0 Å². The van der Waals surface area contributed by atoms with Gasteiger partial charge in [-0.2, -0.15) is 13.9 Å². The Morgan fingerprint density at radius 2 is 2.00 bits per heavy atom. The second-order valence-electron chi connectivity index (χ2n) is 5.54. The number of nitrogens with one attached hydrogen (secondary N) is 2. The molecule has 0 atom stereocenters. The van der Waals surface area contributed by atoms with Crippen molar-refractivity contribution in [3.05, 3.63) is 67.8 Å². The van der Waals surface area contributed by atoms with E-state index in [2.05, 4.69) is 20.2 Å². The largest absolute Gasteiger partial charge is 0.306 e. The first-order valence-electron chi connectivity index (χ1n) is 7.20. The minimum absolute atomic E-state index is 0.0214. The highest BCUT2D eigenvalue weighted by Gasteiger charge is 2.32. The Morgan fingerprint density at radius 3 is 2.60 bits per heavy atom. The van der Waals surface area contributed by atoms with Crippen molar-refractivity contribution in [3.8, 4) is 11.4 Å². The van der Waals surface area contributed by atoms with Crippen LogP contribution < -0.4 is 5.56 Å². The smallest absolute Gasteiger partial charge is 0.287 e. The van der Waals surface area contributed by atoms with E-state index in [0.29, 0.717) is 23.1 Å². The second kappa shape index (κ2) is 6.57. The maximum atomic E-state index is 14.1. The van der Waals surface area contributed by atoms with Gasteiger partial charge in [-0.1, -0.05) is 29.3 Å². The number of benzene rings is 1. The van der Waals surface area contributed by atoms with E-state index in [-0.39, 0.29) is 22.8 Å². The number of aromatic nitrogens is 4. The van der Waals surface area contributed by atoms with Crippen LogP contribution in [0.25, 0.3) is 11.4 Å². The summed E-state index contributed by atoms with van der Waals surface area (Å²) >= 11 is 11.8. The van der Waals surface area contributed by atoms with Crippen molar-refractivity contribution in [1.82, 2.24) is 20.2 Å². The Morgan fingerprint density at radius 1 is 1.24 bits per heavy atom. The van der Waals surface area contributed by atoms with E-state index < -0.39 is 17.2 Å². The van der Waals surface area contributed by atoms with Crippen molar-refractivity contribution < 1.29 is 8.78 Å². The van der Waals surface area contributed by atoms with Gasteiger partial charge in [-0.05, 0) is 17.7 Å². The summed E-state index contributed by atoms with van der Waals surface area (Å²) in [6.45, 7) is 0.701. The average Bonchev–Trinajstić information content (AvgIpc) is 3.06. The van der Waals surface area contributed by atoms with Crippen molar-refractivity contribution in [1.29, 1.82) is 0 Å². The molecule has 9 heteroatoms. The lowest BCUT2D eigenvalue weighted by Gasteiger charge is -2.15. The van der Waals surface area contributed by atoms with Gasteiger partial charge in [0.1, 0.15) is 11.5 Å². The highest BCUT2D eigenvalue weighted by molar-refractivity contribution is 6.42. The molecule has 0 unspecified atom stereocenters. The molecule has 0 radical (unpaired) electrons. The van der Waals surface area contributed by atoms with Gasteiger partial charge >= 0.3 is 0 Å². The third-order valence-corrected chi connectivity index (χ3v) is 4.31. The maximum absolute atomic E-state index is 14.1. The van der Waals surface area contributed by atoms with Crippen LogP contribution in [0.1, 0.15) is 23.7 Å². The molecule has 0 spiro atoms. The Hall–Kier alpha value is -2.25. The molecule has 3 aromatic rings. The Labute approximate surface area is 151 Å². The van der Waals surface area contributed by atoms with E-state index in [9.17, 15) is 13.6 Å². The van der Waals surface area contributed by atoms with Crippen molar-refractivity contribution in [2.45, 2.75) is 19.3 Å². The fourth-order valence-corrected chi connectivity index (χ4v) is 2.72. The van der Waals surface area contributed by atoms with Crippen molar-refractivity contribution >= 4 is 23.2 Å². The van der Waals surface area contributed by atoms with Gasteiger partial charge in [-0.3, -0.25) is 9.89 Å². The zero-order valence-corrected chi connectivity index (χ0v) is 14.4. The number of halogens is 4. The SMILES string of the molecule is CC(F)(F)c1nc(-c2cn[nH]c2)[nH]c(=O)c1Cc1ccc(Cl)c(Cl)c1. The molecule has 130 valence electrons. The monoisotopic (exact) mass is 384 g/mol. The number of aromatic amines is 2. The first-order chi connectivity index (χ1) is 11.8. The van der Waals surface area contributed by atoms with E-state index in [4.69, 9.17) is 23.2 Å². The minimum atomic E-state index is -3.29. The molecule has 0 aliphatic carbocycles. The van der Waals surface area contributed by atoms with Crippen LogP contribution in [0.3, 0.4) is 0 Å². The molecule has 0 fully saturated rings. The minimum Gasteiger partial charge on any atom is -0.306 e. The molecule has 2 N–H and O–H groups in total. The molecular formula is C16H12Cl2F2N4O. The van der Waals surface area contributed by atoms with Crippen molar-refractivity contribution in [2.24, 2.45) is 0 Å². The van der Waals surface area contributed by atoms with E-state index >= 15 is 0 Å². The maximum Gasteiger partial charge on any atom is 0.287 e. The zero-order valence-electron chi connectivity index (χ0n) is 12.9. The number of hydrogen-bond donors (Lipinski definition) is 2. The van der Waals surface area contributed by atoms with Gasteiger partial charge in [0.25, 0.3) is 11.5 Å². The topological polar surface area (TPSA) is 74.4 Å². The van der Waals surface area contributed by atoms with Crippen molar-refractivity contribution in [3.63, 3.8) is 0 Å². The van der Waals surface area contributed by atoms with Crippen LogP contribution in [0.4, 0.5) is 8.78 Å². The van der Waals surface area contributed by atoms with Crippen LogP contribution in [0.15, 0.2) is 35.4 Å². The number of alkyl halides is 2. The van der Waals surface area contributed by atoms with Crippen LogP contribution in [0.2, 0.25) is 10.0 Å². The second-order valence-corrected chi connectivity index (χ2v) is 6.36. The fraction of sp³-hybridized carbons (Fsp3) is 0.188. The predicted molar refractivity (Wildman–Crippen MR) is 91.3 cm³/mol. The number of hydrogen-bond acceptors (Lipinski definition) is 3. The molecule has 25 heavy (non-hydrogen) atoms. The lowest BCUT2D eigenvalue weighted by atomic mass is 10.0. The van der Waals surface area contributed by atoms with Gasteiger partial charge in [0, 0.05) is 25.1 Å². The quantitative estimate of drug-likeness (QED) is 0.708. The zero-order chi connectivity index (χ0) is 18.2. The number of rotatable bonds is 4. The lowest BCUT2D eigenvalue weighted by molar-refractivity contribution is 0.0117. The van der Waals surface area contributed by atoms with Gasteiger partial charge in [-0.25, -0.2) is 4.98 Å². The molecule has 0 bridgehead atoms. The van der Waals surface area contributed by atoms with Crippen LogP contribution in [-0.2, 0) is 12.3 Å². The number of nitrogens with zero attached hydrogens (tertiary/aromatic N) is 2. The van der Waals surface area contributed by atoms with E-state index in [0.717, 1.165) is 0 Å². The van der Waals surface area contributed by atoms with E-state index in [1.165, 1.54) is 18.5 Å². The summed E-state index contributed by atoms with van der Waals surface area (Å²) in [5.74, 6) is -3.27. The Bertz CT molecular complexity index is 965. The highest BCUT2D eigenvalue weighted by atomic mass is 35.5. The number of H-pyrrole nitrogens is 2. The highest BCUT2D eigenvalue weighted by Crippen LogP contribution is 2.30. The summed E-state index contributed by atoms with van der Waals surface area (Å²) in [5.41, 5.74) is -0.377. The van der Waals surface area contributed by atoms with Gasteiger partial charge in [0.15, 0.2) is 0 Å². The summed E-state index contributed by atoms with van der Waals surface area (Å²) in [7, 11) is 0. The Balaban J connectivity index is 2.12. The third-order valence-electron chi connectivity index (χ3n) is 3.57. The fourth-order valence-electron chi connectivity index (χ4n) is 2.40. The van der Waals surface area contributed by atoms with Crippen molar-refractivity contribution in [2.75, 3.05) is 0 Å². The molecule has 3 rings (SSSR count). The van der Waals surface area contributed by atoms with Gasteiger partial charge < -0.3 is 4.98 Å². The molecule has 0 aliphatic rings. The molecule has 5 nitrogen and oxygen atoms in total. The summed E-state index contributed by atoms with van der Waals surface area (Å²) < 4.78 is 28.2. The molecule has 0 saturated heterocycles. The van der Waals surface area contributed by atoms with Crippen LogP contribution in [0, 0.1) is 0 Å². The normalized spacial score (nSPS) is 11.7. The Kier molecular flexibility index (Phi) is 4.62. The van der Waals surface area contributed by atoms with Crippen LogP contribution in [-0.4, -0.2) is 20.2 Å². The van der Waals surface area contributed by atoms with Gasteiger partial charge in [-0.15, -0.1) is 0 Å². The predicted octanol–water partition coefficient (Wildman–Crippen LogP) is 4.17. The van der Waals surface area contributed by atoms with E-state index in [1.807, 2.05) is 0 Å². The molecule has 2 aromatic heterocycles. The average molecular weight is 385 g/mol. The standard InChI is InChI=1S/C16H12Cl2F2N4O/c1-16(19,20)13-10(4-8-2-3-11(17)12(18)5-8)15(25)24-14(23-13)9-6-21-22-7-9/h2-3,5-7H,4H2,1H3,(H,21,22)(H,23,24,25). The first kappa shape index (κ1) is 17.6. The summed E-state index contributed by atoms with van der Waals surface area (Å²) in [6.07, 6.45) is 2.78. The molecular weight excluding hydrogens is 373 g/mol. The summed E-state index contributed by atoms with van der Waals surface area (Å²) in [4.78, 5) is 18.9.